The van der Waals surface area contributed by atoms with Crippen LogP contribution in [-0.2, 0) is 0 Å². The van der Waals surface area contributed by atoms with Gasteiger partial charge in [0.25, 0.3) is 0 Å². The summed E-state index contributed by atoms with van der Waals surface area (Å²) >= 11 is 2.48. The molecule has 2 saturated carbocycles. The van der Waals surface area contributed by atoms with Gasteiger partial charge in [-0.25, -0.2) is 0 Å². The van der Waals surface area contributed by atoms with Gasteiger partial charge in [0.2, 0.25) is 0 Å². The summed E-state index contributed by atoms with van der Waals surface area (Å²) in [6, 6.07) is 0. The van der Waals surface area contributed by atoms with Crippen LogP contribution < -0.4 is 0 Å². The SMILES string of the molecule is CCCCC1(SC2(C(C)(C)C)CCCCC2)CCCCC1. The number of thioether (sulfide) groups is 1. The Labute approximate surface area is 138 Å². The molecule has 0 saturated heterocycles. The molecule has 0 nitrogen and oxygen atoms in total. The fourth-order valence-electron chi connectivity index (χ4n) is 4.64. The predicted octanol–water partition coefficient (Wildman–Crippen LogP) is 7.36. The van der Waals surface area contributed by atoms with E-state index in [0.29, 0.717) is 14.9 Å². The molecule has 0 aliphatic heterocycles. The summed E-state index contributed by atoms with van der Waals surface area (Å²) < 4.78 is 1.18. The van der Waals surface area contributed by atoms with Crippen molar-refractivity contribution in [1.82, 2.24) is 0 Å². The maximum Gasteiger partial charge on any atom is 0.0214 e. The second-order valence-corrected chi connectivity index (χ2v) is 10.6. The van der Waals surface area contributed by atoms with E-state index in [2.05, 4.69) is 39.5 Å². The molecule has 0 radical (unpaired) electrons. The summed E-state index contributed by atoms with van der Waals surface area (Å²) in [6.07, 6.45) is 19.1. The average molecular weight is 311 g/mol. The molecule has 0 aromatic rings. The molecule has 2 rings (SSSR count). The van der Waals surface area contributed by atoms with Crippen molar-refractivity contribution in [2.75, 3.05) is 0 Å². The van der Waals surface area contributed by atoms with E-state index in [1.807, 2.05) is 0 Å². The maximum atomic E-state index is 2.52. The van der Waals surface area contributed by atoms with Crippen LogP contribution >= 0.6 is 11.8 Å². The van der Waals surface area contributed by atoms with E-state index in [1.54, 1.807) is 0 Å². The van der Waals surface area contributed by atoms with Crippen molar-refractivity contribution in [2.24, 2.45) is 5.41 Å². The van der Waals surface area contributed by atoms with Gasteiger partial charge in [-0.15, -0.1) is 11.8 Å². The first-order valence-electron chi connectivity index (χ1n) is 9.63. The standard InChI is InChI=1S/C20H38S/c1-5-6-13-19(14-9-7-10-15-19)21-20(18(2,3)4)16-11-8-12-17-20/h5-17H2,1-4H3. The molecule has 2 fully saturated rings. The van der Waals surface area contributed by atoms with Gasteiger partial charge in [-0.2, -0.15) is 0 Å². The Morgan fingerprint density at radius 3 is 1.81 bits per heavy atom. The molecule has 124 valence electrons. The Balaban J connectivity index is 2.18. The Kier molecular flexibility index (Phi) is 6.14. The summed E-state index contributed by atoms with van der Waals surface area (Å²) in [4.78, 5) is 0. The summed E-state index contributed by atoms with van der Waals surface area (Å²) in [7, 11) is 0. The van der Waals surface area contributed by atoms with Crippen LogP contribution in [0.5, 0.6) is 0 Å². The Morgan fingerprint density at radius 1 is 0.810 bits per heavy atom. The highest BCUT2D eigenvalue weighted by molar-refractivity contribution is 8.02. The molecule has 0 unspecified atom stereocenters. The van der Waals surface area contributed by atoms with Crippen LogP contribution in [0.1, 0.15) is 111 Å². The van der Waals surface area contributed by atoms with Crippen molar-refractivity contribution in [2.45, 2.75) is 121 Å². The van der Waals surface area contributed by atoms with Gasteiger partial charge in [-0.05, 0) is 37.5 Å². The minimum Gasteiger partial charge on any atom is -0.148 e. The molecule has 0 spiro atoms. The van der Waals surface area contributed by atoms with E-state index in [1.165, 1.54) is 83.5 Å². The minimum atomic E-state index is 0.453. The normalized spacial score (nSPS) is 25.7. The van der Waals surface area contributed by atoms with Crippen molar-refractivity contribution in [3.05, 3.63) is 0 Å². The molecule has 2 aliphatic carbocycles. The summed E-state index contributed by atoms with van der Waals surface area (Å²) in [5.41, 5.74) is 0.453. The molecule has 0 amide bonds. The number of unbranched alkanes of at least 4 members (excludes halogenated alkanes) is 1. The second kappa shape index (κ2) is 7.28. The van der Waals surface area contributed by atoms with Crippen molar-refractivity contribution in [1.29, 1.82) is 0 Å². The van der Waals surface area contributed by atoms with E-state index in [9.17, 15) is 0 Å². The van der Waals surface area contributed by atoms with Gasteiger partial charge in [-0.1, -0.05) is 79.1 Å². The Hall–Kier alpha value is 0.350. The molecule has 0 N–H and O–H groups in total. The predicted molar refractivity (Wildman–Crippen MR) is 98.2 cm³/mol. The van der Waals surface area contributed by atoms with Crippen molar-refractivity contribution >= 4 is 11.8 Å². The molecular weight excluding hydrogens is 272 g/mol. The Bertz CT molecular complexity index is 300. The fraction of sp³-hybridized carbons (Fsp3) is 1.00. The van der Waals surface area contributed by atoms with Gasteiger partial charge >= 0.3 is 0 Å². The van der Waals surface area contributed by atoms with Gasteiger partial charge in [0.1, 0.15) is 0 Å². The quantitative estimate of drug-likeness (QED) is 0.511. The zero-order valence-corrected chi connectivity index (χ0v) is 15.9. The van der Waals surface area contributed by atoms with E-state index in [0.717, 1.165) is 0 Å². The number of rotatable bonds is 5. The summed E-state index contributed by atoms with van der Waals surface area (Å²) in [5.74, 6) is 0. The second-order valence-electron chi connectivity index (χ2n) is 8.75. The van der Waals surface area contributed by atoms with Crippen molar-refractivity contribution < 1.29 is 0 Å². The first kappa shape index (κ1) is 17.7. The molecule has 1 heteroatoms. The third kappa shape index (κ3) is 4.21. The van der Waals surface area contributed by atoms with Crippen LogP contribution in [0.15, 0.2) is 0 Å². The monoisotopic (exact) mass is 310 g/mol. The zero-order chi connectivity index (χ0) is 15.4. The van der Waals surface area contributed by atoms with E-state index >= 15 is 0 Å². The van der Waals surface area contributed by atoms with E-state index in [4.69, 9.17) is 0 Å². The largest absolute Gasteiger partial charge is 0.148 e. The molecule has 0 heterocycles. The first-order valence-corrected chi connectivity index (χ1v) is 10.4. The van der Waals surface area contributed by atoms with Crippen LogP contribution in [0.25, 0.3) is 0 Å². The van der Waals surface area contributed by atoms with Gasteiger partial charge in [0.05, 0.1) is 0 Å². The van der Waals surface area contributed by atoms with E-state index < -0.39 is 0 Å². The van der Waals surface area contributed by atoms with Gasteiger partial charge in [0.15, 0.2) is 0 Å². The van der Waals surface area contributed by atoms with Gasteiger partial charge < -0.3 is 0 Å². The lowest BCUT2D eigenvalue weighted by atomic mass is 9.71. The van der Waals surface area contributed by atoms with Crippen LogP contribution in [0.3, 0.4) is 0 Å². The molecular formula is C20H38S. The van der Waals surface area contributed by atoms with Crippen LogP contribution in [0.4, 0.5) is 0 Å². The van der Waals surface area contributed by atoms with Crippen molar-refractivity contribution in [3.63, 3.8) is 0 Å². The highest BCUT2D eigenvalue weighted by atomic mass is 32.2. The minimum absolute atomic E-state index is 0.453. The van der Waals surface area contributed by atoms with E-state index in [-0.39, 0.29) is 0 Å². The molecule has 0 aromatic heterocycles. The van der Waals surface area contributed by atoms with Gasteiger partial charge in [0, 0.05) is 9.49 Å². The van der Waals surface area contributed by atoms with Crippen LogP contribution in [-0.4, -0.2) is 9.49 Å². The maximum absolute atomic E-state index is 2.52. The third-order valence-corrected chi connectivity index (χ3v) is 8.65. The smallest absolute Gasteiger partial charge is 0.0214 e. The lowest BCUT2D eigenvalue weighted by Crippen LogP contribution is -2.46. The molecule has 21 heavy (non-hydrogen) atoms. The lowest BCUT2D eigenvalue weighted by Gasteiger charge is -2.53. The molecule has 0 bridgehead atoms. The summed E-state index contributed by atoms with van der Waals surface area (Å²) in [6.45, 7) is 9.91. The van der Waals surface area contributed by atoms with Crippen LogP contribution in [0, 0.1) is 5.41 Å². The van der Waals surface area contributed by atoms with Crippen LogP contribution in [0.2, 0.25) is 0 Å². The lowest BCUT2D eigenvalue weighted by molar-refractivity contribution is 0.211. The highest BCUT2D eigenvalue weighted by Gasteiger charge is 2.48. The highest BCUT2D eigenvalue weighted by Crippen LogP contribution is 2.59. The number of hydrogen-bond acceptors (Lipinski definition) is 1. The molecule has 0 aromatic carbocycles. The van der Waals surface area contributed by atoms with Gasteiger partial charge in [-0.3, -0.25) is 0 Å². The van der Waals surface area contributed by atoms with Crippen molar-refractivity contribution in [3.8, 4) is 0 Å². The molecule has 2 aliphatic rings. The molecule has 0 atom stereocenters. The third-order valence-electron chi connectivity index (χ3n) is 6.19. The Morgan fingerprint density at radius 2 is 1.33 bits per heavy atom. The topological polar surface area (TPSA) is 0 Å². The first-order chi connectivity index (χ1) is 9.93. The number of hydrogen-bond donors (Lipinski definition) is 0. The summed E-state index contributed by atoms with van der Waals surface area (Å²) in [5, 5.41) is 0. The zero-order valence-electron chi connectivity index (χ0n) is 15.1. The fourth-order valence-corrected chi connectivity index (χ4v) is 7.01. The average Bonchev–Trinajstić information content (AvgIpc) is 2.46.